The number of rotatable bonds is 6. The van der Waals surface area contributed by atoms with Gasteiger partial charge in [-0.2, -0.15) is 0 Å². The Kier molecular flexibility index (Phi) is 12.8. The van der Waals surface area contributed by atoms with Gasteiger partial charge in [0.05, 0.1) is 0 Å². The average molecular weight is 252 g/mol. The predicted molar refractivity (Wildman–Crippen MR) is 73.4 cm³/mol. The second kappa shape index (κ2) is 10.8. The Balaban J connectivity index is 0. The van der Waals surface area contributed by atoms with Crippen LogP contribution in [-0.4, -0.2) is 50.1 Å². The molecule has 0 heterocycles. The SMILES string of the molecule is CCCN(CC)[Si](C)(C)C.CO[SiH2]OC. The van der Waals surface area contributed by atoms with Gasteiger partial charge in [-0.05, 0) is 19.5 Å². The fourth-order valence-corrected chi connectivity index (χ4v) is 3.43. The van der Waals surface area contributed by atoms with Crippen LogP contribution in [0.4, 0.5) is 0 Å². The van der Waals surface area contributed by atoms with E-state index >= 15 is 0 Å². The number of nitrogens with zero attached hydrogens (tertiary/aromatic N) is 1. The lowest BCUT2D eigenvalue weighted by Gasteiger charge is -2.32. The Hall–Kier alpha value is 0.314. The van der Waals surface area contributed by atoms with Crippen LogP contribution in [-0.2, 0) is 8.85 Å². The summed E-state index contributed by atoms with van der Waals surface area (Å²) in [5, 5.41) is 0. The summed E-state index contributed by atoms with van der Waals surface area (Å²) in [5.41, 5.74) is 0. The van der Waals surface area contributed by atoms with Crippen molar-refractivity contribution in [2.24, 2.45) is 0 Å². The Morgan fingerprint density at radius 2 is 1.53 bits per heavy atom. The number of hydrogen-bond acceptors (Lipinski definition) is 3. The summed E-state index contributed by atoms with van der Waals surface area (Å²) in [6.45, 7) is 14.2. The maximum atomic E-state index is 4.61. The van der Waals surface area contributed by atoms with Crippen molar-refractivity contribution in [1.29, 1.82) is 0 Å². The van der Waals surface area contributed by atoms with Gasteiger partial charge in [0.1, 0.15) is 8.24 Å². The third kappa shape index (κ3) is 12.2. The Labute approximate surface area is 99.3 Å². The van der Waals surface area contributed by atoms with E-state index in [9.17, 15) is 0 Å². The summed E-state index contributed by atoms with van der Waals surface area (Å²) in [5.74, 6) is 0. The van der Waals surface area contributed by atoms with Gasteiger partial charge < -0.3 is 13.4 Å². The summed E-state index contributed by atoms with van der Waals surface area (Å²) >= 11 is 0. The van der Waals surface area contributed by atoms with Crippen LogP contribution >= 0.6 is 0 Å². The van der Waals surface area contributed by atoms with Gasteiger partial charge in [0.15, 0.2) is 0 Å². The van der Waals surface area contributed by atoms with E-state index < -0.39 is 18.2 Å². The van der Waals surface area contributed by atoms with Gasteiger partial charge >= 0.3 is 10.0 Å². The second-order valence-electron chi connectivity index (χ2n) is 4.45. The normalized spacial score (nSPS) is 11.2. The number of hydrogen-bond donors (Lipinski definition) is 0. The molecule has 0 aliphatic rings. The molecular formula is C10H29NO2Si2. The van der Waals surface area contributed by atoms with Crippen LogP contribution < -0.4 is 0 Å². The first-order chi connectivity index (χ1) is 6.93. The smallest absolute Gasteiger partial charge is 0.303 e. The van der Waals surface area contributed by atoms with Crippen molar-refractivity contribution >= 4 is 18.2 Å². The highest BCUT2D eigenvalue weighted by atomic mass is 28.3. The molecule has 0 saturated carbocycles. The van der Waals surface area contributed by atoms with E-state index in [2.05, 4.69) is 46.9 Å². The highest BCUT2D eigenvalue weighted by Crippen LogP contribution is 2.08. The van der Waals surface area contributed by atoms with Crippen molar-refractivity contribution in [3.05, 3.63) is 0 Å². The van der Waals surface area contributed by atoms with E-state index in [-0.39, 0.29) is 0 Å². The molecule has 3 nitrogen and oxygen atoms in total. The van der Waals surface area contributed by atoms with E-state index in [1.54, 1.807) is 14.2 Å². The van der Waals surface area contributed by atoms with Crippen LogP contribution in [0.1, 0.15) is 20.3 Å². The molecule has 0 aromatic carbocycles. The molecular weight excluding hydrogens is 222 g/mol. The van der Waals surface area contributed by atoms with Crippen LogP contribution in [0, 0.1) is 0 Å². The van der Waals surface area contributed by atoms with E-state index in [4.69, 9.17) is 0 Å². The van der Waals surface area contributed by atoms with Crippen LogP contribution in [0.5, 0.6) is 0 Å². The lowest BCUT2D eigenvalue weighted by molar-refractivity contribution is 0.309. The molecule has 0 unspecified atom stereocenters. The second-order valence-corrected chi connectivity index (χ2v) is 10.8. The van der Waals surface area contributed by atoms with Gasteiger partial charge in [-0.3, -0.25) is 0 Å². The van der Waals surface area contributed by atoms with Crippen molar-refractivity contribution in [1.82, 2.24) is 4.57 Å². The molecule has 0 bridgehead atoms. The first kappa shape index (κ1) is 17.7. The predicted octanol–water partition coefficient (Wildman–Crippen LogP) is 1.83. The fourth-order valence-electron chi connectivity index (χ4n) is 1.36. The summed E-state index contributed by atoms with van der Waals surface area (Å²) in [6, 6.07) is 0. The molecule has 0 N–H and O–H groups in total. The molecule has 0 aromatic heterocycles. The lowest BCUT2D eigenvalue weighted by atomic mass is 10.5. The zero-order valence-corrected chi connectivity index (χ0v) is 14.0. The average Bonchev–Trinajstić information content (AvgIpc) is 2.14. The van der Waals surface area contributed by atoms with Crippen LogP contribution in [0.3, 0.4) is 0 Å². The van der Waals surface area contributed by atoms with Gasteiger partial charge in [0.2, 0.25) is 0 Å². The maximum Gasteiger partial charge on any atom is 0.303 e. The third-order valence-electron chi connectivity index (χ3n) is 2.06. The molecule has 0 fully saturated rings. The topological polar surface area (TPSA) is 21.7 Å². The maximum absolute atomic E-state index is 4.61. The first-order valence-electron chi connectivity index (χ1n) is 5.66. The Morgan fingerprint density at radius 3 is 1.60 bits per heavy atom. The Morgan fingerprint density at radius 1 is 1.07 bits per heavy atom. The minimum absolute atomic E-state index is 0.568. The third-order valence-corrected chi connectivity index (χ3v) is 4.97. The minimum Gasteiger partial charge on any atom is -0.402 e. The minimum atomic E-state index is -0.974. The highest BCUT2D eigenvalue weighted by molar-refractivity contribution is 6.73. The standard InChI is InChI=1S/C8H21NSi.C2H8O2Si/c1-6-8-9(7-2)10(3,4)5;1-3-5-4-2/h6-8H2,1-5H3;5H2,1-2H3. The quantitative estimate of drug-likeness (QED) is 0.672. The van der Waals surface area contributed by atoms with Gasteiger partial charge in [0, 0.05) is 14.2 Å². The van der Waals surface area contributed by atoms with E-state index in [0.29, 0.717) is 0 Å². The molecule has 0 saturated heterocycles. The zero-order chi connectivity index (χ0) is 12.3. The molecule has 94 valence electrons. The molecule has 0 spiro atoms. The summed E-state index contributed by atoms with van der Waals surface area (Å²) in [6.07, 6.45) is 1.29. The van der Waals surface area contributed by atoms with Crippen molar-refractivity contribution in [2.75, 3.05) is 27.3 Å². The van der Waals surface area contributed by atoms with Gasteiger partial charge in [-0.15, -0.1) is 0 Å². The van der Waals surface area contributed by atoms with Crippen LogP contribution in [0.25, 0.3) is 0 Å². The molecule has 0 atom stereocenters. The van der Waals surface area contributed by atoms with Crippen molar-refractivity contribution in [3.8, 4) is 0 Å². The van der Waals surface area contributed by atoms with Crippen molar-refractivity contribution in [2.45, 2.75) is 39.9 Å². The molecule has 0 radical (unpaired) electrons. The molecule has 0 amide bonds. The first-order valence-corrected chi connectivity index (χ1v) is 10.3. The molecule has 0 aliphatic carbocycles. The summed E-state index contributed by atoms with van der Waals surface area (Å²) in [7, 11) is 1.75. The van der Waals surface area contributed by atoms with Crippen LogP contribution in [0.2, 0.25) is 19.6 Å². The van der Waals surface area contributed by atoms with E-state index in [0.717, 1.165) is 0 Å². The van der Waals surface area contributed by atoms with Gasteiger partial charge in [-0.25, -0.2) is 0 Å². The summed E-state index contributed by atoms with van der Waals surface area (Å²) in [4.78, 5) is 0. The van der Waals surface area contributed by atoms with Crippen molar-refractivity contribution in [3.63, 3.8) is 0 Å². The fraction of sp³-hybridized carbons (Fsp3) is 1.00. The van der Waals surface area contributed by atoms with Gasteiger partial charge in [-0.1, -0.05) is 33.5 Å². The van der Waals surface area contributed by atoms with E-state index in [1.165, 1.54) is 19.5 Å². The monoisotopic (exact) mass is 251 g/mol. The van der Waals surface area contributed by atoms with E-state index in [1.807, 2.05) is 0 Å². The highest BCUT2D eigenvalue weighted by Gasteiger charge is 2.20. The molecule has 0 aliphatic heterocycles. The Bertz CT molecular complexity index is 127. The summed E-state index contributed by atoms with van der Waals surface area (Å²) < 4.78 is 11.8. The molecule has 0 aromatic rings. The van der Waals surface area contributed by atoms with Crippen LogP contribution in [0.15, 0.2) is 0 Å². The lowest BCUT2D eigenvalue weighted by Crippen LogP contribution is -2.46. The largest absolute Gasteiger partial charge is 0.402 e. The molecule has 5 heteroatoms. The molecule has 0 rings (SSSR count). The zero-order valence-electron chi connectivity index (χ0n) is 11.6. The van der Waals surface area contributed by atoms with Gasteiger partial charge in [0.25, 0.3) is 0 Å². The molecule has 15 heavy (non-hydrogen) atoms. The van der Waals surface area contributed by atoms with Crippen molar-refractivity contribution < 1.29 is 8.85 Å².